The molecule has 0 aromatic rings. The Hall–Kier alpha value is 0.0700. The molecule has 0 radical (unpaired) electrons. The summed E-state index contributed by atoms with van der Waals surface area (Å²) in [5.74, 6) is 0. The summed E-state index contributed by atoms with van der Waals surface area (Å²) in [7, 11) is 0. The first kappa shape index (κ1) is 11.1. The standard InChI is InChI=1S/C9H19NO2S/c1-9(2,3)12-13(11)8-6-4-5-7-10-8/h8,10H,4-7H2,1-3H3. The first-order valence-electron chi connectivity index (χ1n) is 4.82. The zero-order valence-electron chi connectivity index (χ0n) is 8.63. The van der Waals surface area contributed by atoms with Crippen molar-refractivity contribution in [2.75, 3.05) is 6.54 Å². The van der Waals surface area contributed by atoms with Crippen LogP contribution in [0.5, 0.6) is 0 Å². The molecule has 1 rings (SSSR count). The number of hydrogen-bond donors (Lipinski definition) is 1. The SMILES string of the molecule is CC(C)(C)OS(=O)C1CCCCN1. The van der Waals surface area contributed by atoms with Crippen molar-refractivity contribution >= 4 is 11.1 Å². The van der Waals surface area contributed by atoms with Gasteiger partial charge in [-0.3, -0.25) is 4.18 Å². The maximum Gasteiger partial charge on any atom is 0.173 e. The normalized spacial score (nSPS) is 27.2. The van der Waals surface area contributed by atoms with E-state index in [-0.39, 0.29) is 11.0 Å². The molecule has 3 nitrogen and oxygen atoms in total. The highest BCUT2D eigenvalue weighted by atomic mass is 32.2. The van der Waals surface area contributed by atoms with Crippen molar-refractivity contribution in [1.29, 1.82) is 0 Å². The average Bonchev–Trinajstić information content (AvgIpc) is 2.03. The molecule has 4 heteroatoms. The van der Waals surface area contributed by atoms with E-state index >= 15 is 0 Å². The maximum absolute atomic E-state index is 11.6. The van der Waals surface area contributed by atoms with E-state index in [1.807, 2.05) is 20.8 Å². The number of rotatable bonds is 2. The van der Waals surface area contributed by atoms with Crippen molar-refractivity contribution in [1.82, 2.24) is 5.32 Å². The molecule has 2 atom stereocenters. The molecule has 1 aliphatic rings. The number of piperidine rings is 1. The highest BCUT2D eigenvalue weighted by molar-refractivity contribution is 7.80. The molecule has 0 aromatic heterocycles. The van der Waals surface area contributed by atoms with E-state index in [0.717, 1.165) is 19.4 Å². The summed E-state index contributed by atoms with van der Waals surface area (Å²) < 4.78 is 17.0. The van der Waals surface area contributed by atoms with Crippen molar-refractivity contribution in [3.05, 3.63) is 0 Å². The summed E-state index contributed by atoms with van der Waals surface area (Å²) in [4.78, 5) is 0. The van der Waals surface area contributed by atoms with Gasteiger partial charge < -0.3 is 5.32 Å². The molecule has 0 amide bonds. The largest absolute Gasteiger partial charge is 0.301 e. The second-order valence-electron chi connectivity index (χ2n) is 4.39. The van der Waals surface area contributed by atoms with Crippen LogP contribution in [-0.2, 0) is 15.3 Å². The second kappa shape index (κ2) is 4.53. The van der Waals surface area contributed by atoms with E-state index in [1.54, 1.807) is 0 Å². The van der Waals surface area contributed by atoms with Crippen molar-refractivity contribution in [2.24, 2.45) is 0 Å². The van der Waals surface area contributed by atoms with Gasteiger partial charge in [0, 0.05) is 0 Å². The van der Waals surface area contributed by atoms with Gasteiger partial charge in [-0.05, 0) is 46.6 Å². The predicted octanol–water partition coefficient (Wildman–Crippen LogP) is 1.56. The van der Waals surface area contributed by atoms with Gasteiger partial charge in [0.25, 0.3) is 0 Å². The van der Waals surface area contributed by atoms with Gasteiger partial charge in [0.15, 0.2) is 11.1 Å². The van der Waals surface area contributed by atoms with Crippen LogP contribution >= 0.6 is 0 Å². The van der Waals surface area contributed by atoms with E-state index < -0.39 is 11.1 Å². The molecule has 0 saturated carbocycles. The lowest BCUT2D eigenvalue weighted by Crippen LogP contribution is -2.40. The Kier molecular flexibility index (Phi) is 3.88. The minimum Gasteiger partial charge on any atom is -0.301 e. The second-order valence-corrected chi connectivity index (χ2v) is 5.65. The lowest BCUT2D eigenvalue weighted by Gasteiger charge is -2.26. The Morgan fingerprint density at radius 2 is 2.08 bits per heavy atom. The number of nitrogens with one attached hydrogen (secondary N) is 1. The van der Waals surface area contributed by atoms with Crippen LogP contribution in [0.15, 0.2) is 0 Å². The summed E-state index contributed by atoms with van der Waals surface area (Å²) in [6.07, 6.45) is 3.29. The summed E-state index contributed by atoms with van der Waals surface area (Å²) in [5.41, 5.74) is -0.315. The Balaban J connectivity index is 2.38. The molecule has 0 bridgehead atoms. The Bertz CT molecular complexity index is 183. The van der Waals surface area contributed by atoms with E-state index in [9.17, 15) is 4.21 Å². The van der Waals surface area contributed by atoms with Crippen molar-refractivity contribution in [3.8, 4) is 0 Å². The van der Waals surface area contributed by atoms with Crippen molar-refractivity contribution < 1.29 is 8.39 Å². The molecule has 1 saturated heterocycles. The third kappa shape index (κ3) is 4.20. The molecule has 0 spiro atoms. The van der Waals surface area contributed by atoms with Gasteiger partial charge in [-0.1, -0.05) is 0 Å². The molecular weight excluding hydrogens is 186 g/mol. The van der Waals surface area contributed by atoms with Gasteiger partial charge >= 0.3 is 0 Å². The molecule has 1 heterocycles. The molecule has 0 aromatic carbocycles. The van der Waals surface area contributed by atoms with Crippen LogP contribution in [0.4, 0.5) is 0 Å². The van der Waals surface area contributed by atoms with Crippen molar-refractivity contribution in [3.63, 3.8) is 0 Å². The smallest absolute Gasteiger partial charge is 0.173 e. The van der Waals surface area contributed by atoms with Crippen LogP contribution in [0.1, 0.15) is 40.0 Å². The van der Waals surface area contributed by atoms with Crippen LogP contribution in [0.2, 0.25) is 0 Å². The summed E-state index contributed by atoms with van der Waals surface area (Å²) >= 11 is -1.19. The van der Waals surface area contributed by atoms with Gasteiger partial charge in [-0.25, -0.2) is 4.21 Å². The molecule has 13 heavy (non-hydrogen) atoms. The minimum absolute atomic E-state index is 0.0352. The van der Waals surface area contributed by atoms with Crippen LogP contribution in [0.3, 0.4) is 0 Å². The highest BCUT2D eigenvalue weighted by Crippen LogP contribution is 2.16. The third-order valence-electron chi connectivity index (χ3n) is 1.83. The predicted molar refractivity (Wildman–Crippen MR) is 54.6 cm³/mol. The van der Waals surface area contributed by atoms with Gasteiger partial charge in [-0.2, -0.15) is 0 Å². The van der Waals surface area contributed by atoms with E-state index in [2.05, 4.69) is 5.32 Å². The van der Waals surface area contributed by atoms with Gasteiger partial charge in [0.1, 0.15) is 5.37 Å². The Morgan fingerprint density at radius 1 is 1.38 bits per heavy atom. The quantitative estimate of drug-likeness (QED) is 0.743. The first-order valence-corrected chi connectivity index (χ1v) is 5.96. The summed E-state index contributed by atoms with van der Waals surface area (Å²) in [6, 6.07) is 0. The van der Waals surface area contributed by atoms with E-state index in [0.29, 0.717) is 0 Å². The summed E-state index contributed by atoms with van der Waals surface area (Å²) in [6.45, 7) is 6.74. The topological polar surface area (TPSA) is 38.3 Å². The molecule has 1 N–H and O–H groups in total. The monoisotopic (exact) mass is 205 g/mol. The fraction of sp³-hybridized carbons (Fsp3) is 1.00. The average molecular weight is 205 g/mol. The summed E-state index contributed by atoms with van der Waals surface area (Å²) in [5, 5.41) is 3.25. The lowest BCUT2D eigenvalue weighted by molar-refractivity contribution is 0.148. The molecule has 2 unspecified atom stereocenters. The number of hydrogen-bond acceptors (Lipinski definition) is 3. The lowest BCUT2D eigenvalue weighted by atomic mass is 10.2. The van der Waals surface area contributed by atoms with E-state index in [1.165, 1.54) is 6.42 Å². The van der Waals surface area contributed by atoms with Crippen LogP contribution in [-0.4, -0.2) is 21.7 Å². The molecule has 78 valence electrons. The van der Waals surface area contributed by atoms with Gasteiger partial charge in [0.2, 0.25) is 0 Å². The fourth-order valence-corrected chi connectivity index (χ4v) is 2.51. The first-order chi connectivity index (χ1) is 5.99. The zero-order valence-corrected chi connectivity index (χ0v) is 9.45. The Labute approximate surface area is 82.9 Å². The zero-order chi connectivity index (χ0) is 9.90. The maximum atomic E-state index is 11.6. The molecule has 1 fully saturated rings. The molecular formula is C9H19NO2S. The van der Waals surface area contributed by atoms with Crippen LogP contribution < -0.4 is 5.32 Å². The molecule has 0 aliphatic carbocycles. The van der Waals surface area contributed by atoms with Crippen LogP contribution in [0.25, 0.3) is 0 Å². The van der Waals surface area contributed by atoms with E-state index in [4.69, 9.17) is 4.18 Å². The highest BCUT2D eigenvalue weighted by Gasteiger charge is 2.24. The Morgan fingerprint density at radius 3 is 2.54 bits per heavy atom. The van der Waals surface area contributed by atoms with Crippen molar-refractivity contribution in [2.45, 2.75) is 51.0 Å². The van der Waals surface area contributed by atoms with Crippen LogP contribution in [0, 0.1) is 0 Å². The van der Waals surface area contributed by atoms with Gasteiger partial charge in [0.05, 0.1) is 5.60 Å². The minimum atomic E-state index is -1.19. The van der Waals surface area contributed by atoms with Gasteiger partial charge in [-0.15, -0.1) is 0 Å². The molecule has 1 aliphatic heterocycles. The fourth-order valence-electron chi connectivity index (χ4n) is 1.29. The third-order valence-corrected chi connectivity index (χ3v) is 3.36.